The molecule has 0 bridgehead atoms. The van der Waals surface area contributed by atoms with E-state index in [0.717, 1.165) is 73.9 Å². The van der Waals surface area contributed by atoms with Gasteiger partial charge in [-0.05, 0) is 80.4 Å². The van der Waals surface area contributed by atoms with Crippen LogP contribution < -0.4 is 15.5 Å². The molecule has 1 saturated carbocycles. The van der Waals surface area contributed by atoms with Crippen LogP contribution in [0.1, 0.15) is 104 Å². The molecule has 13 heteroatoms. The van der Waals surface area contributed by atoms with Gasteiger partial charge in [0, 0.05) is 70.6 Å². The van der Waals surface area contributed by atoms with Gasteiger partial charge in [0.15, 0.2) is 0 Å². The van der Waals surface area contributed by atoms with Crippen molar-refractivity contribution in [3.63, 3.8) is 0 Å². The molecule has 1 atom stereocenters. The molecule has 8 rings (SSSR count). The van der Waals surface area contributed by atoms with E-state index in [4.69, 9.17) is 4.98 Å². The SMILES string of the molecule is CN(C)C(=O)c1cc2cnc(Nc3ccc(N4CCC(F)(CN5CCC(c6cccc(C7CCC(=O)NC7=O)c6)CC5)CC4)cn3)nc2n1C1CCCC1. The summed E-state index contributed by atoms with van der Waals surface area (Å²) in [5.41, 5.74) is 3.33. The number of anilines is 3. The Bertz CT molecular complexity index is 2010. The summed E-state index contributed by atoms with van der Waals surface area (Å²) in [6.07, 6.45) is 11.7. The number of rotatable bonds is 9. The Morgan fingerprint density at radius 3 is 2.41 bits per heavy atom. The molecule has 3 aliphatic heterocycles. The Kier molecular flexibility index (Phi) is 10.1. The maximum Gasteiger partial charge on any atom is 0.270 e. The number of hydrogen-bond donors (Lipinski definition) is 2. The first kappa shape index (κ1) is 36.1. The Morgan fingerprint density at radius 2 is 1.70 bits per heavy atom. The van der Waals surface area contributed by atoms with Crippen molar-refractivity contribution in [3.05, 3.63) is 71.7 Å². The number of aromatic nitrogens is 4. The van der Waals surface area contributed by atoms with Gasteiger partial charge in [-0.15, -0.1) is 0 Å². The molecule has 0 spiro atoms. The molecule has 4 aliphatic rings. The maximum atomic E-state index is 16.2. The van der Waals surface area contributed by atoms with E-state index >= 15 is 4.39 Å². The fraction of sp³-hybridized carbons (Fsp3) is 0.512. The van der Waals surface area contributed by atoms with Gasteiger partial charge >= 0.3 is 0 Å². The molecule has 4 aromatic rings. The number of halogens is 1. The van der Waals surface area contributed by atoms with E-state index in [9.17, 15) is 14.4 Å². The van der Waals surface area contributed by atoms with Crippen LogP contribution in [-0.4, -0.2) is 99.5 Å². The predicted octanol–water partition coefficient (Wildman–Crippen LogP) is 6.10. The quantitative estimate of drug-likeness (QED) is 0.196. The van der Waals surface area contributed by atoms with E-state index in [1.54, 1.807) is 25.2 Å². The minimum absolute atomic E-state index is 0.0393. The van der Waals surface area contributed by atoms with Gasteiger partial charge in [-0.25, -0.2) is 14.4 Å². The lowest BCUT2D eigenvalue weighted by atomic mass is 9.84. The van der Waals surface area contributed by atoms with Crippen LogP contribution in [0.15, 0.2) is 54.9 Å². The van der Waals surface area contributed by atoms with Gasteiger partial charge in [-0.1, -0.05) is 37.1 Å². The van der Waals surface area contributed by atoms with Crippen molar-refractivity contribution in [2.45, 2.75) is 87.8 Å². The normalized spacial score (nSPS) is 21.4. The third-order valence-corrected chi connectivity index (χ3v) is 12.0. The van der Waals surface area contributed by atoms with E-state index < -0.39 is 5.67 Å². The van der Waals surface area contributed by atoms with E-state index in [2.05, 4.69) is 47.1 Å². The average molecular weight is 736 g/mol. The van der Waals surface area contributed by atoms with Crippen LogP contribution in [0.3, 0.4) is 0 Å². The average Bonchev–Trinajstić information content (AvgIpc) is 3.84. The summed E-state index contributed by atoms with van der Waals surface area (Å²) in [7, 11) is 3.54. The Balaban J connectivity index is 0.843. The predicted molar refractivity (Wildman–Crippen MR) is 206 cm³/mol. The third-order valence-electron chi connectivity index (χ3n) is 12.0. The lowest BCUT2D eigenvalue weighted by Gasteiger charge is -2.42. The van der Waals surface area contributed by atoms with E-state index in [0.29, 0.717) is 68.7 Å². The van der Waals surface area contributed by atoms with Crippen LogP contribution in [0, 0.1) is 0 Å². The van der Waals surface area contributed by atoms with Gasteiger partial charge in [-0.2, -0.15) is 4.98 Å². The molecule has 3 aromatic heterocycles. The van der Waals surface area contributed by atoms with Crippen LogP contribution in [-0.2, 0) is 9.59 Å². The molecule has 1 unspecified atom stereocenters. The molecule has 1 aromatic carbocycles. The molecule has 6 heterocycles. The summed E-state index contributed by atoms with van der Waals surface area (Å²) in [4.78, 5) is 57.2. The van der Waals surface area contributed by atoms with Crippen molar-refractivity contribution in [1.29, 1.82) is 0 Å². The number of pyridine rings is 1. The lowest BCUT2D eigenvalue weighted by molar-refractivity contribution is -0.134. The second-order valence-corrected chi connectivity index (χ2v) is 15.9. The van der Waals surface area contributed by atoms with Crippen molar-refractivity contribution in [3.8, 4) is 0 Å². The standard InChI is InChI=1S/C41H50FN9O3/c1-48(2)39(54)34-23-30-24-44-40(47-37(30)51(34)31-8-3-4-9-31)45-35-12-10-32(25-43-35)50-20-16-41(42,17-21-50)26-49-18-14-27(15-19-49)28-6-5-7-29(22-28)33-11-13-36(52)46-38(33)53/h5-7,10,12,22-25,27,31,33H,3-4,8-9,11,13-21,26H2,1-2H3,(H,46,52,53)(H,43,44,45,47). The molecule has 3 saturated heterocycles. The van der Waals surface area contributed by atoms with Gasteiger partial charge in [-0.3, -0.25) is 19.7 Å². The molecule has 2 N–H and O–H groups in total. The first-order valence-corrected chi connectivity index (χ1v) is 19.5. The van der Waals surface area contributed by atoms with Crippen LogP contribution in [0.4, 0.5) is 21.8 Å². The topological polar surface area (TPSA) is 129 Å². The first-order chi connectivity index (χ1) is 26.1. The molecular weight excluding hydrogens is 686 g/mol. The zero-order valence-electron chi connectivity index (χ0n) is 31.3. The number of likely N-dealkylation sites (tertiary alicyclic amines) is 1. The minimum Gasteiger partial charge on any atom is -0.370 e. The summed E-state index contributed by atoms with van der Waals surface area (Å²) >= 11 is 0. The molecule has 4 fully saturated rings. The second-order valence-electron chi connectivity index (χ2n) is 15.9. The maximum absolute atomic E-state index is 16.2. The number of piperidine rings is 3. The molecule has 0 radical (unpaired) electrons. The highest BCUT2D eigenvalue weighted by Crippen LogP contribution is 2.37. The first-order valence-electron chi connectivity index (χ1n) is 19.5. The highest BCUT2D eigenvalue weighted by molar-refractivity contribution is 6.01. The molecule has 284 valence electrons. The van der Waals surface area contributed by atoms with Gasteiger partial charge in [0.2, 0.25) is 17.8 Å². The highest BCUT2D eigenvalue weighted by atomic mass is 19.1. The van der Waals surface area contributed by atoms with E-state index in [1.165, 1.54) is 5.56 Å². The van der Waals surface area contributed by atoms with Gasteiger partial charge in [0.05, 0.1) is 17.8 Å². The summed E-state index contributed by atoms with van der Waals surface area (Å²) in [6, 6.07) is 14.3. The summed E-state index contributed by atoms with van der Waals surface area (Å²) in [5, 5.41) is 6.56. The van der Waals surface area contributed by atoms with Crippen LogP contribution in [0.25, 0.3) is 11.0 Å². The van der Waals surface area contributed by atoms with Crippen molar-refractivity contribution in [2.24, 2.45) is 0 Å². The fourth-order valence-electron chi connectivity index (χ4n) is 8.95. The van der Waals surface area contributed by atoms with Gasteiger partial charge in [0.1, 0.15) is 22.8 Å². The Morgan fingerprint density at radius 1 is 0.944 bits per heavy atom. The number of imide groups is 1. The number of fused-ring (bicyclic) bond motifs is 1. The number of alkyl halides is 1. The van der Waals surface area contributed by atoms with Gasteiger partial charge < -0.3 is 24.6 Å². The van der Waals surface area contributed by atoms with Crippen molar-refractivity contribution in [2.75, 3.05) is 57.0 Å². The Hall–Kier alpha value is -4.91. The summed E-state index contributed by atoms with van der Waals surface area (Å²) in [6.45, 7) is 3.39. The van der Waals surface area contributed by atoms with Crippen molar-refractivity contribution < 1.29 is 18.8 Å². The molecule has 3 amide bonds. The number of hydrogen-bond acceptors (Lipinski definition) is 9. The minimum atomic E-state index is -1.23. The van der Waals surface area contributed by atoms with E-state index in [-0.39, 0.29) is 29.7 Å². The van der Waals surface area contributed by atoms with Crippen molar-refractivity contribution in [1.82, 2.24) is 34.6 Å². The zero-order chi connectivity index (χ0) is 37.4. The zero-order valence-corrected chi connectivity index (χ0v) is 31.3. The number of carbonyl (C=O) groups is 3. The fourth-order valence-corrected chi connectivity index (χ4v) is 8.95. The van der Waals surface area contributed by atoms with E-state index in [1.807, 2.05) is 36.5 Å². The highest BCUT2D eigenvalue weighted by Gasteiger charge is 2.38. The summed E-state index contributed by atoms with van der Waals surface area (Å²) in [5.74, 6) is 0.695. The second kappa shape index (κ2) is 15.1. The van der Waals surface area contributed by atoms with Crippen molar-refractivity contribution >= 4 is 46.2 Å². The molecular formula is C41H50FN9O3. The van der Waals surface area contributed by atoms with Gasteiger partial charge in [0.25, 0.3) is 5.91 Å². The monoisotopic (exact) mass is 735 g/mol. The van der Waals surface area contributed by atoms with Crippen LogP contribution >= 0.6 is 0 Å². The molecule has 1 aliphatic carbocycles. The number of carbonyl (C=O) groups excluding carboxylic acids is 3. The Labute approximate surface area is 315 Å². The van der Waals surface area contributed by atoms with Crippen LogP contribution in [0.5, 0.6) is 0 Å². The third kappa shape index (κ3) is 7.55. The number of amides is 3. The smallest absolute Gasteiger partial charge is 0.270 e. The largest absolute Gasteiger partial charge is 0.370 e. The number of nitrogens with zero attached hydrogens (tertiary/aromatic N) is 7. The number of benzene rings is 1. The number of nitrogens with one attached hydrogen (secondary N) is 2. The van der Waals surface area contributed by atoms with Crippen LogP contribution in [0.2, 0.25) is 0 Å². The molecule has 54 heavy (non-hydrogen) atoms. The molecule has 12 nitrogen and oxygen atoms in total. The lowest BCUT2D eigenvalue weighted by Crippen LogP contribution is -2.49. The summed E-state index contributed by atoms with van der Waals surface area (Å²) < 4.78 is 18.3.